The van der Waals surface area contributed by atoms with Crippen LogP contribution < -0.4 is 5.73 Å². The number of hydrogen-bond donors (Lipinski definition) is 1. The largest absolute Gasteiger partial charge is 0.320 e. The van der Waals surface area contributed by atoms with Gasteiger partial charge in [0.2, 0.25) is 0 Å². The normalized spacial score (nSPS) is 12.4. The highest BCUT2D eigenvalue weighted by molar-refractivity contribution is 7.99. The molecule has 0 aliphatic heterocycles. The number of rotatable bonds is 4. The maximum atomic E-state index is 6.38. The molecule has 0 bridgehead atoms. The van der Waals surface area contributed by atoms with E-state index < -0.39 is 0 Å². The van der Waals surface area contributed by atoms with E-state index in [1.165, 1.54) is 27.1 Å². The predicted octanol–water partition coefficient (Wildman–Crippen LogP) is 4.46. The average Bonchev–Trinajstić information content (AvgIpc) is 2.39. The van der Waals surface area contributed by atoms with Crippen LogP contribution in [0, 0.1) is 13.8 Å². The summed E-state index contributed by atoms with van der Waals surface area (Å²) in [5, 5.41) is 0. The standard InChI is InChI=1S/C17H21NS/c1-4-19-15-8-6-14(7-9-15)17(18)16-10-5-12(2)11-13(16)3/h5-11,17H,4,18H2,1-3H3. The molecule has 2 aromatic rings. The Morgan fingerprint density at radius 2 is 1.74 bits per heavy atom. The van der Waals surface area contributed by atoms with E-state index in [2.05, 4.69) is 63.2 Å². The molecule has 0 spiro atoms. The predicted molar refractivity (Wildman–Crippen MR) is 84.8 cm³/mol. The summed E-state index contributed by atoms with van der Waals surface area (Å²) < 4.78 is 0. The van der Waals surface area contributed by atoms with E-state index in [1.807, 2.05) is 11.8 Å². The van der Waals surface area contributed by atoms with Crippen molar-refractivity contribution < 1.29 is 0 Å². The van der Waals surface area contributed by atoms with Gasteiger partial charge in [0.25, 0.3) is 0 Å². The van der Waals surface area contributed by atoms with Gasteiger partial charge >= 0.3 is 0 Å². The van der Waals surface area contributed by atoms with Crippen molar-refractivity contribution in [3.63, 3.8) is 0 Å². The van der Waals surface area contributed by atoms with E-state index >= 15 is 0 Å². The third kappa shape index (κ3) is 3.40. The fourth-order valence-electron chi connectivity index (χ4n) is 2.29. The summed E-state index contributed by atoms with van der Waals surface area (Å²) in [5.74, 6) is 1.10. The summed E-state index contributed by atoms with van der Waals surface area (Å²) in [6.45, 7) is 6.41. The van der Waals surface area contributed by atoms with Gasteiger partial charge in [-0.2, -0.15) is 0 Å². The Bertz CT molecular complexity index is 546. The Hall–Kier alpha value is -1.25. The van der Waals surface area contributed by atoms with E-state index in [0.29, 0.717) is 0 Å². The van der Waals surface area contributed by atoms with E-state index in [4.69, 9.17) is 5.73 Å². The smallest absolute Gasteiger partial charge is 0.0554 e. The average molecular weight is 271 g/mol. The third-order valence-corrected chi connectivity index (χ3v) is 4.20. The first kappa shape index (κ1) is 14.2. The molecule has 2 N–H and O–H groups in total. The molecule has 1 atom stereocenters. The number of nitrogens with two attached hydrogens (primary N) is 1. The maximum absolute atomic E-state index is 6.38. The highest BCUT2D eigenvalue weighted by Gasteiger charge is 2.11. The van der Waals surface area contributed by atoms with Crippen LogP contribution in [0.5, 0.6) is 0 Å². The molecule has 0 saturated heterocycles. The Morgan fingerprint density at radius 3 is 2.32 bits per heavy atom. The molecular formula is C17H21NS. The van der Waals surface area contributed by atoms with Gasteiger partial charge in [0, 0.05) is 4.90 Å². The molecule has 0 saturated carbocycles. The van der Waals surface area contributed by atoms with E-state index in [-0.39, 0.29) is 6.04 Å². The van der Waals surface area contributed by atoms with Gasteiger partial charge in [-0.05, 0) is 48.4 Å². The van der Waals surface area contributed by atoms with Gasteiger partial charge in [-0.25, -0.2) is 0 Å². The van der Waals surface area contributed by atoms with Crippen molar-refractivity contribution in [3.8, 4) is 0 Å². The molecule has 0 aliphatic carbocycles. The highest BCUT2D eigenvalue weighted by atomic mass is 32.2. The van der Waals surface area contributed by atoms with Gasteiger partial charge in [-0.1, -0.05) is 42.8 Å². The fourth-order valence-corrected chi connectivity index (χ4v) is 2.95. The summed E-state index contributed by atoms with van der Waals surface area (Å²) in [6, 6.07) is 15.0. The number of thioether (sulfide) groups is 1. The summed E-state index contributed by atoms with van der Waals surface area (Å²) in [6.07, 6.45) is 0. The van der Waals surface area contributed by atoms with Crippen molar-refractivity contribution in [2.24, 2.45) is 5.73 Å². The molecule has 0 heterocycles. The lowest BCUT2D eigenvalue weighted by Gasteiger charge is -2.16. The minimum Gasteiger partial charge on any atom is -0.320 e. The Labute approximate surface area is 120 Å². The minimum absolute atomic E-state index is 0.0405. The van der Waals surface area contributed by atoms with Crippen molar-refractivity contribution in [1.82, 2.24) is 0 Å². The van der Waals surface area contributed by atoms with Crippen LogP contribution in [-0.4, -0.2) is 5.75 Å². The van der Waals surface area contributed by atoms with Crippen molar-refractivity contribution in [3.05, 3.63) is 64.7 Å². The third-order valence-electron chi connectivity index (χ3n) is 3.31. The first-order valence-corrected chi connectivity index (χ1v) is 7.66. The highest BCUT2D eigenvalue weighted by Crippen LogP contribution is 2.25. The van der Waals surface area contributed by atoms with Crippen molar-refractivity contribution in [2.75, 3.05) is 5.75 Å². The summed E-state index contributed by atoms with van der Waals surface area (Å²) in [7, 11) is 0. The van der Waals surface area contributed by atoms with Crippen LogP contribution in [0.2, 0.25) is 0 Å². The van der Waals surface area contributed by atoms with Crippen LogP contribution in [-0.2, 0) is 0 Å². The van der Waals surface area contributed by atoms with Crippen LogP contribution in [0.3, 0.4) is 0 Å². The molecule has 2 heteroatoms. The Balaban J connectivity index is 2.25. The molecule has 0 aromatic heterocycles. The number of benzene rings is 2. The summed E-state index contributed by atoms with van der Waals surface area (Å²) >= 11 is 1.86. The van der Waals surface area contributed by atoms with Crippen LogP contribution in [0.15, 0.2) is 47.4 Å². The molecule has 1 nitrogen and oxygen atoms in total. The Morgan fingerprint density at radius 1 is 1.05 bits per heavy atom. The lowest BCUT2D eigenvalue weighted by molar-refractivity contribution is 0.859. The van der Waals surface area contributed by atoms with Gasteiger partial charge in [-0.3, -0.25) is 0 Å². The van der Waals surface area contributed by atoms with Crippen molar-refractivity contribution >= 4 is 11.8 Å². The van der Waals surface area contributed by atoms with Gasteiger partial charge in [0.05, 0.1) is 6.04 Å². The second-order valence-corrected chi connectivity index (χ2v) is 6.18. The topological polar surface area (TPSA) is 26.0 Å². The number of aryl methyl sites for hydroxylation is 2. The Kier molecular flexibility index (Phi) is 4.67. The molecule has 2 aromatic carbocycles. The SMILES string of the molecule is CCSc1ccc(C(N)c2ccc(C)cc2C)cc1. The molecule has 1 unspecified atom stereocenters. The first-order chi connectivity index (χ1) is 9.11. The monoisotopic (exact) mass is 271 g/mol. The van der Waals surface area contributed by atoms with Gasteiger partial charge in [-0.15, -0.1) is 11.8 Å². The number of hydrogen-bond acceptors (Lipinski definition) is 2. The lowest BCUT2D eigenvalue weighted by atomic mass is 9.95. The second-order valence-electron chi connectivity index (χ2n) is 4.84. The summed E-state index contributed by atoms with van der Waals surface area (Å²) in [4.78, 5) is 1.30. The molecule has 19 heavy (non-hydrogen) atoms. The van der Waals surface area contributed by atoms with Crippen molar-refractivity contribution in [2.45, 2.75) is 31.7 Å². The lowest BCUT2D eigenvalue weighted by Crippen LogP contribution is -2.13. The molecule has 0 radical (unpaired) electrons. The van der Waals surface area contributed by atoms with Crippen LogP contribution in [0.25, 0.3) is 0 Å². The summed E-state index contributed by atoms with van der Waals surface area (Å²) in [5.41, 5.74) is 11.3. The van der Waals surface area contributed by atoms with Gasteiger partial charge in [0.1, 0.15) is 0 Å². The molecule has 0 fully saturated rings. The molecule has 2 rings (SSSR count). The second kappa shape index (κ2) is 6.27. The zero-order valence-corrected chi connectivity index (χ0v) is 12.6. The minimum atomic E-state index is -0.0405. The van der Waals surface area contributed by atoms with Crippen LogP contribution in [0.4, 0.5) is 0 Å². The van der Waals surface area contributed by atoms with Crippen LogP contribution in [0.1, 0.15) is 35.2 Å². The van der Waals surface area contributed by atoms with Crippen molar-refractivity contribution in [1.29, 1.82) is 0 Å². The van der Waals surface area contributed by atoms with Gasteiger partial charge < -0.3 is 5.73 Å². The van der Waals surface area contributed by atoms with E-state index in [9.17, 15) is 0 Å². The molecule has 0 amide bonds. The zero-order chi connectivity index (χ0) is 13.8. The fraction of sp³-hybridized carbons (Fsp3) is 0.294. The quantitative estimate of drug-likeness (QED) is 0.831. The van der Waals surface area contributed by atoms with Gasteiger partial charge in [0.15, 0.2) is 0 Å². The van der Waals surface area contributed by atoms with E-state index in [0.717, 1.165) is 5.75 Å². The zero-order valence-electron chi connectivity index (χ0n) is 11.8. The first-order valence-electron chi connectivity index (χ1n) is 6.67. The molecule has 0 aliphatic rings. The molecular weight excluding hydrogens is 250 g/mol. The van der Waals surface area contributed by atoms with E-state index in [1.54, 1.807) is 0 Å². The van der Waals surface area contributed by atoms with Crippen LogP contribution >= 0.6 is 11.8 Å². The molecule has 100 valence electrons. The maximum Gasteiger partial charge on any atom is 0.0554 e.